The van der Waals surface area contributed by atoms with Gasteiger partial charge in [0.25, 0.3) is 0 Å². The van der Waals surface area contributed by atoms with Crippen molar-refractivity contribution in [2.75, 3.05) is 0 Å². The van der Waals surface area contributed by atoms with Crippen molar-refractivity contribution in [3.05, 3.63) is 0 Å². The first-order valence-corrected chi connectivity index (χ1v) is 8.68. The highest BCUT2D eigenvalue weighted by molar-refractivity contribution is 5.66. The van der Waals surface area contributed by atoms with Gasteiger partial charge in [0.1, 0.15) is 6.10 Å². The van der Waals surface area contributed by atoms with E-state index in [0.29, 0.717) is 17.3 Å². The van der Waals surface area contributed by atoms with E-state index in [4.69, 9.17) is 4.74 Å². The minimum absolute atomic E-state index is 0.0812. The van der Waals surface area contributed by atoms with Crippen LogP contribution in [0, 0.1) is 40.9 Å². The molecule has 7 atom stereocenters. The van der Waals surface area contributed by atoms with Gasteiger partial charge in [-0.25, -0.2) is 0 Å². The van der Waals surface area contributed by atoms with Crippen LogP contribution < -0.4 is 0 Å². The summed E-state index contributed by atoms with van der Waals surface area (Å²) in [6, 6.07) is 0. The Morgan fingerprint density at radius 2 is 2.05 bits per heavy atom. The van der Waals surface area contributed by atoms with E-state index in [1.54, 1.807) is 6.92 Å². The summed E-state index contributed by atoms with van der Waals surface area (Å²) in [5.74, 6) is 4.74. The summed E-state index contributed by atoms with van der Waals surface area (Å²) in [7, 11) is 0. The first-order chi connectivity index (χ1) is 9.51. The maximum absolute atomic E-state index is 11.5. The molecule has 0 aromatic rings. The monoisotopic (exact) mass is 276 g/mol. The normalized spacial score (nSPS) is 49.7. The second kappa shape index (κ2) is 4.24. The SMILES string of the molecule is CC(=O)OC(C(C)C)C1C2CCC34CC(C2)CC3CC14. The third-order valence-corrected chi connectivity index (χ3v) is 7.34. The molecule has 0 aromatic heterocycles. The number of hydrogen-bond donors (Lipinski definition) is 0. The fourth-order valence-electron chi connectivity index (χ4n) is 6.83. The second-order valence-electron chi connectivity index (χ2n) is 8.51. The molecule has 2 heteroatoms. The molecule has 0 aliphatic heterocycles. The summed E-state index contributed by atoms with van der Waals surface area (Å²) < 4.78 is 5.82. The molecular weight excluding hydrogens is 248 g/mol. The Hall–Kier alpha value is -0.530. The lowest BCUT2D eigenvalue weighted by molar-refractivity contribution is -0.181. The minimum Gasteiger partial charge on any atom is -0.462 e. The van der Waals surface area contributed by atoms with E-state index in [9.17, 15) is 4.79 Å². The highest BCUT2D eigenvalue weighted by atomic mass is 16.5. The highest BCUT2D eigenvalue weighted by Gasteiger charge is 2.67. The lowest BCUT2D eigenvalue weighted by Crippen LogP contribution is -2.57. The maximum Gasteiger partial charge on any atom is 0.302 e. The molecule has 0 heterocycles. The van der Waals surface area contributed by atoms with E-state index in [0.717, 1.165) is 23.7 Å². The molecule has 5 aliphatic carbocycles. The molecule has 0 saturated heterocycles. The summed E-state index contributed by atoms with van der Waals surface area (Å²) >= 11 is 0. The topological polar surface area (TPSA) is 26.3 Å². The minimum atomic E-state index is -0.0812. The van der Waals surface area contributed by atoms with Gasteiger partial charge in [-0.05, 0) is 73.5 Å². The van der Waals surface area contributed by atoms with Crippen molar-refractivity contribution in [3.8, 4) is 0 Å². The predicted octanol–water partition coefficient (Wildman–Crippen LogP) is 4.04. The lowest BCUT2D eigenvalue weighted by atomic mass is 9.43. The molecule has 0 amide bonds. The average Bonchev–Trinajstić information content (AvgIpc) is 2.52. The van der Waals surface area contributed by atoms with E-state index >= 15 is 0 Å². The fraction of sp³-hybridized carbons (Fsp3) is 0.944. The number of hydrogen-bond acceptors (Lipinski definition) is 2. The zero-order chi connectivity index (χ0) is 14.1. The van der Waals surface area contributed by atoms with Crippen LogP contribution in [0.2, 0.25) is 0 Å². The third-order valence-electron chi connectivity index (χ3n) is 7.34. The fourth-order valence-corrected chi connectivity index (χ4v) is 6.83. The number of carbonyl (C=O) groups excluding carboxylic acids is 1. The first-order valence-electron chi connectivity index (χ1n) is 8.68. The van der Waals surface area contributed by atoms with Crippen LogP contribution in [0.5, 0.6) is 0 Å². The van der Waals surface area contributed by atoms with Crippen molar-refractivity contribution in [3.63, 3.8) is 0 Å². The summed E-state index contributed by atoms with van der Waals surface area (Å²) in [5.41, 5.74) is 0.676. The molecule has 2 nitrogen and oxygen atoms in total. The Bertz CT molecular complexity index is 429. The van der Waals surface area contributed by atoms with E-state index < -0.39 is 0 Å². The Kier molecular flexibility index (Phi) is 2.79. The van der Waals surface area contributed by atoms with Crippen molar-refractivity contribution >= 4 is 5.97 Å². The van der Waals surface area contributed by atoms with Crippen molar-refractivity contribution in [2.24, 2.45) is 40.9 Å². The average molecular weight is 276 g/mol. The molecule has 20 heavy (non-hydrogen) atoms. The van der Waals surface area contributed by atoms with Crippen molar-refractivity contribution in [2.45, 2.75) is 65.4 Å². The molecule has 7 unspecified atom stereocenters. The molecule has 3 bridgehead atoms. The molecule has 0 aromatic carbocycles. The van der Waals surface area contributed by atoms with E-state index in [2.05, 4.69) is 13.8 Å². The van der Waals surface area contributed by atoms with Crippen molar-refractivity contribution in [1.82, 2.24) is 0 Å². The molecule has 5 saturated carbocycles. The largest absolute Gasteiger partial charge is 0.462 e. The summed E-state index contributed by atoms with van der Waals surface area (Å²) in [6.07, 6.45) is 8.91. The van der Waals surface area contributed by atoms with Crippen LogP contribution in [0.4, 0.5) is 0 Å². The molecule has 5 rings (SSSR count). The van der Waals surface area contributed by atoms with Gasteiger partial charge in [0.2, 0.25) is 0 Å². The van der Waals surface area contributed by atoms with Gasteiger partial charge < -0.3 is 4.74 Å². The van der Waals surface area contributed by atoms with Gasteiger partial charge in [0, 0.05) is 12.8 Å². The summed E-state index contributed by atoms with van der Waals surface area (Å²) in [5, 5.41) is 0. The Balaban J connectivity index is 1.66. The van der Waals surface area contributed by atoms with Crippen LogP contribution in [0.1, 0.15) is 59.3 Å². The van der Waals surface area contributed by atoms with Gasteiger partial charge in [-0.1, -0.05) is 13.8 Å². The van der Waals surface area contributed by atoms with Gasteiger partial charge in [-0.3, -0.25) is 4.79 Å². The van der Waals surface area contributed by atoms with Crippen molar-refractivity contribution < 1.29 is 9.53 Å². The smallest absolute Gasteiger partial charge is 0.302 e. The zero-order valence-electron chi connectivity index (χ0n) is 13.1. The molecule has 5 fully saturated rings. The van der Waals surface area contributed by atoms with Crippen molar-refractivity contribution in [1.29, 1.82) is 0 Å². The van der Waals surface area contributed by atoms with Gasteiger partial charge in [0.15, 0.2) is 0 Å². The summed E-state index contributed by atoms with van der Waals surface area (Å²) in [6.45, 7) is 6.05. The standard InChI is InChI=1S/C18H28O2/c1-10(2)17(20-11(3)19)16-13-4-5-18-9-12(6-13)7-14(18)8-15(16)18/h10,12-17H,4-9H2,1-3H3. The van der Waals surface area contributed by atoms with Gasteiger partial charge in [-0.15, -0.1) is 0 Å². The number of ether oxygens (including phenoxy) is 1. The van der Waals surface area contributed by atoms with Crippen LogP contribution >= 0.6 is 0 Å². The van der Waals surface area contributed by atoms with Crippen LogP contribution in [0.15, 0.2) is 0 Å². The molecular formula is C18H28O2. The molecule has 112 valence electrons. The number of rotatable bonds is 3. The van der Waals surface area contributed by atoms with Gasteiger partial charge >= 0.3 is 5.97 Å². The van der Waals surface area contributed by atoms with Crippen LogP contribution in [-0.2, 0) is 9.53 Å². The van der Waals surface area contributed by atoms with E-state index in [-0.39, 0.29) is 12.1 Å². The lowest BCUT2D eigenvalue weighted by Gasteiger charge is -2.62. The molecule has 0 N–H and O–H groups in total. The van der Waals surface area contributed by atoms with E-state index in [1.807, 2.05) is 0 Å². The highest BCUT2D eigenvalue weighted by Crippen LogP contribution is 2.74. The quantitative estimate of drug-likeness (QED) is 0.727. The zero-order valence-corrected chi connectivity index (χ0v) is 13.1. The Labute approximate surface area is 122 Å². The predicted molar refractivity (Wildman–Crippen MR) is 78.0 cm³/mol. The summed E-state index contributed by atoms with van der Waals surface area (Å²) in [4.78, 5) is 11.5. The second-order valence-corrected chi connectivity index (χ2v) is 8.51. The number of esters is 1. The number of carbonyl (C=O) groups is 1. The van der Waals surface area contributed by atoms with Gasteiger partial charge in [0.05, 0.1) is 0 Å². The maximum atomic E-state index is 11.5. The Morgan fingerprint density at radius 1 is 1.25 bits per heavy atom. The van der Waals surface area contributed by atoms with Crippen LogP contribution in [0.3, 0.4) is 0 Å². The first kappa shape index (κ1) is 13.2. The molecule has 0 radical (unpaired) electrons. The molecule has 1 spiro atoms. The van der Waals surface area contributed by atoms with E-state index in [1.165, 1.54) is 38.5 Å². The number of fused-ring (bicyclic) bond motifs is 1. The van der Waals surface area contributed by atoms with Crippen LogP contribution in [0.25, 0.3) is 0 Å². The van der Waals surface area contributed by atoms with Gasteiger partial charge in [-0.2, -0.15) is 0 Å². The Morgan fingerprint density at radius 3 is 2.75 bits per heavy atom. The third kappa shape index (κ3) is 1.60. The van der Waals surface area contributed by atoms with Crippen LogP contribution in [-0.4, -0.2) is 12.1 Å². The molecule has 5 aliphatic rings.